The van der Waals surface area contributed by atoms with Gasteiger partial charge in [0.15, 0.2) is 0 Å². The lowest BCUT2D eigenvalue weighted by Crippen LogP contribution is -2.37. The Kier molecular flexibility index (Phi) is 2.62. The maximum atomic E-state index is 5.94. The summed E-state index contributed by atoms with van der Waals surface area (Å²) >= 11 is 0. The molecule has 0 bridgehead atoms. The van der Waals surface area contributed by atoms with E-state index in [9.17, 15) is 0 Å². The highest BCUT2D eigenvalue weighted by atomic mass is 14.6. The van der Waals surface area contributed by atoms with Crippen molar-refractivity contribution in [2.75, 3.05) is 0 Å². The second-order valence-corrected chi connectivity index (χ2v) is 4.73. The maximum absolute atomic E-state index is 5.94. The van der Waals surface area contributed by atoms with Gasteiger partial charge in [0.25, 0.3) is 0 Å². The smallest absolute Gasteiger partial charge is 0.0231 e. The Morgan fingerprint density at radius 3 is 2.58 bits per heavy atom. The first-order chi connectivity index (χ1) is 5.47. The van der Waals surface area contributed by atoms with E-state index in [4.69, 9.17) is 5.73 Å². The molecule has 0 spiro atoms. The molecule has 0 amide bonds. The Balaban J connectivity index is 2.88. The van der Waals surface area contributed by atoms with Crippen LogP contribution in [0.4, 0.5) is 0 Å². The van der Waals surface area contributed by atoms with Gasteiger partial charge < -0.3 is 5.73 Å². The molecule has 70 valence electrons. The van der Waals surface area contributed by atoms with E-state index in [0.29, 0.717) is 5.41 Å². The highest BCUT2D eigenvalue weighted by Gasteiger charge is 2.33. The van der Waals surface area contributed by atoms with Gasteiger partial charge in [-0.3, -0.25) is 0 Å². The minimum Gasteiger partial charge on any atom is -0.324 e. The van der Waals surface area contributed by atoms with Crippen molar-refractivity contribution in [3.8, 4) is 0 Å². The summed E-state index contributed by atoms with van der Waals surface area (Å²) in [6.45, 7) is 9.14. The third kappa shape index (κ3) is 1.71. The number of hydrogen-bond donors (Lipinski definition) is 1. The second-order valence-electron chi connectivity index (χ2n) is 4.73. The zero-order chi connectivity index (χ0) is 9.35. The summed E-state index contributed by atoms with van der Waals surface area (Å²) in [5, 5.41) is 0. The molecule has 1 aliphatic rings. The summed E-state index contributed by atoms with van der Waals surface area (Å²) in [5.41, 5.74) is 7.82. The fraction of sp³-hybridized carbons (Fsp3) is 0.818. The zero-order valence-corrected chi connectivity index (χ0v) is 8.72. The molecular weight excluding hydrogens is 146 g/mol. The van der Waals surface area contributed by atoms with Gasteiger partial charge in [0.05, 0.1) is 0 Å². The monoisotopic (exact) mass is 167 g/mol. The molecule has 0 saturated heterocycles. The molecular formula is C11H21N. The maximum Gasteiger partial charge on any atom is 0.0231 e. The average Bonchev–Trinajstić information content (AvgIpc) is 1.82. The standard InChI is InChI=1S/C11H21N/c1-5-10-8(2)6-9(12)7-11(10,3)4/h6,9-10H,5,7,12H2,1-4H3. The molecule has 0 heterocycles. The first-order valence-electron chi connectivity index (χ1n) is 4.91. The van der Waals surface area contributed by atoms with E-state index in [0.717, 1.165) is 12.3 Å². The summed E-state index contributed by atoms with van der Waals surface area (Å²) in [6, 6.07) is 0.280. The first kappa shape index (κ1) is 9.79. The first-order valence-corrected chi connectivity index (χ1v) is 4.91. The topological polar surface area (TPSA) is 26.0 Å². The molecule has 2 N–H and O–H groups in total. The van der Waals surface area contributed by atoms with Crippen molar-refractivity contribution in [1.29, 1.82) is 0 Å². The van der Waals surface area contributed by atoms with E-state index >= 15 is 0 Å². The second kappa shape index (κ2) is 3.21. The number of nitrogens with two attached hydrogens (primary N) is 1. The van der Waals surface area contributed by atoms with Crippen molar-refractivity contribution in [3.63, 3.8) is 0 Å². The van der Waals surface area contributed by atoms with E-state index in [1.165, 1.54) is 12.0 Å². The molecule has 1 nitrogen and oxygen atoms in total. The Morgan fingerprint density at radius 2 is 2.17 bits per heavy atom. The summed E-state index contributed by atoms with van der Waals surface area (Å²) in [5.74, 6) is 0.734. The fourth-order valence-electron chi connectivity index (χ4n) is 2.75. The van der Waals surface area contributed by atoms with Crippen LogP contribution in [0.15, 0.2) is 11.6 Å². The molecule has 1 rings (SSSR count). The van der Waals surface area contributed by atoms with Crippen molar-refractivity contribution < 1.29 is 0 Å². The molecule has 0 aromatic carbocycles. The van der Waals surface area contributed by atoms with Gasteiger partial charge in [0.2, 0.25) is 0 Å². The number of allylic oxidation sites excluding steroid dienone is 1. The molecule has 2 unspecified atom stereocenters. The molecule has 0 saturated carbocycles. The van der Waals surface area contributed by atoms with Crippen LogP contribution in [-0.2, 0) is 0 Å². The normalized spacial score (nSPS) is 34.6. The van der Waals surface area contributed by atoms with Crippen LogP contribution >= 0.6 is 0 Å². The van der Waals surface area contributed by atoms with Crippen LogP contribution in [0.5, 0.6) is 0 Å². The molecule has 0 aromatic rings. The summed E-state index contributed by atoms with van der Waals surface area (Å²) in [4.78, 5) is 0. The van der Waals surface area contributed by atoms with Crippen LogP contribution < -0.4 is 5.73 Å². The molecule has 0 fully saturated rings. The van der Waals surface area contributed by atoms with E-state index in [1.54, 1.807) is 0 Å². The van der Waals surface area contributed by atoms with Crippen molar-refractivity contribution in [2.24, 2.45) is 17.1 Å². The lowest BCUT2D eigenvalue weighted by atomic mass is 9.66. The largest absolute Gasteiger partial charge is 0.324 e. The van der Waals surface area contributed by atoms with Gasteiger partial charge >= 0.3 is 0 Å². The minimum absolute atomic E-state index is 0.280. The Bertz CT molecular complexity index is 191. The van der Waals surface area contributed by atoms with Crippen molar-refractivity contribution >= 4 is 0 Å². The Hall–Kier alpha value is -0.300. The van der Waals surface area contributed by atoms with Crippen LogP contribution in [-0.4, -0.2) is 6.04 Å². The lowest BCUT2D eigenvalue weighted by Gasteiger charge is -2.40. The van der Waals surface area contributed by atoms with Gasteiger partial charge in [0, 0.05) is 6.04 Å². The molecule has 2 atom stereocenters. The zero-order valence-electron chi connectivity index (χ0n) is 8.72. The van der Waals surface area contributed by atoms with E-state index in [1.807, 2.05) is 0 Å². The van der Waals surface area contributed by atoms with Crippen molar-refractivity contribution in [1.82, 2.24) is 0 Å². The average molecular weight is 167 g/mol. The predicted molar refractivity (Wildman–Crippen MR) is 53.9 cm³/mol. The third-order valence-corrected chi connectivity index (χ3v) is 3.14. The Labute approximate surface area is 76.0 Å². The van der Waals surface area contributed by atoms with Gasteiger partial charge in [0.1, 0.15) is 0 Å². The van der Waals surface area contributed by atoms with Gasteiger partial charge in [-0.05, 0) is 31.1 Å². The Morgan fingerprint density at radius 1 is 1.58 bits per heavy atom. The van der Waals surface area contributed by atoms with E-state index in [2.05, 4.69) is 33.8 Å². The van der Waals surface area contributed by atoms with Crippen molar-refractivity contribution in [2.45, 2.75) is 46.6 Å². The lowest BCUT2D eigenvalue weighted by molar-refractivity contribution is 0.198. The van der Waals surface area contributed by atoms with Gasteiger partial charge in [-0.2, -0.15) is 0 Å². The van der Waals surface area contributed by atoms with E-state index < -0.39 is 0 Å². The molecule has 0 radical (unpaired) electrons. The fourth-order valence-corrected chi connectivity index (χ4v) is 2.75. The van der Waals surface area contributed by atoms with Crippen LogP contribution in [0, 0.1) is 11.3 Å². The van der Waals surface area contributed by atoms with Crippen LogP contribution in [0.25, 0.3) is 0 Å². The molecule has 1 heteroatoms. The summed E-state index contributed by atoms with van der Waals surface area (Å²) < 4.78 is 0. The summed E-state index contributed by atoms with van der Waals surface area (Å²) in [7, 11) is 0. The highest BCUT2D eigenvalue weighted by molar-refractivity contribution is 5.16. The van der Waals surface area contributed by atoms with Crippen LogP contribution in [0.2, 0.25) is 0 Å². The van der Waals surface area contributed by atoms with Gasteiger partial charge in [-0.1, -0.05) is 32.4 Å². The molecule has 1 aliphatic carbocycles. The summed E-state index contributed by atoms with van der Waals surface area (Å²) in [6.07, 6.45) is 4.60. The number of hydrogen-bond acceptors (Lipinski definition) is 1. The van der Waals surface area contributed by atoms with Crippen LogP contribution in [0.1, 0.15) is 40.5 Å². The highest BCUT2D eigenvalue weighted by Crippen LogP contribution is 2.41. The quantitative estimate of drug-likeness (QED) is 0.597. The predicted octanol–water partition coefficient (Wildman–Crippen LogP) is 2.72. The van der Waals surface area contributed by atoms with Crippen LogP contribution in [0.3, 0.4) is 0 Å². The van der Waals surface area contributed by atoms with Crippen molar-refractivity contribution in [3.05, 3.63) is 11.6 Å². The van der Waals surface area contributed by atoms with Gasteiger partial charge in [-0.15, -0.1) is 0 Å². The minimum atomic E-state index is 0.280. The molecule has 0 aromatic heterocycles. The molecule has 0 aliphatic heterocycles. The van der Waals surface area contributed by atoms with Gasteiger partial charge in [-0.25, -0.2) is 0 Å². The molecule has 12 heavy (non-hydrogen) atoms. The third-order valence-electron chi connectivity index (χ3n) is 3.14. The number of rotatable bonds is 1. The SMILES string of the molecule is CCC1C(C)=CC(N)CC1(C)C. The van der Waals surface area contributed by atoms with E-state index in [-0.39, 0.29) is 6.04 Å².